The SMILES string of the molecule is Cc1cccc(CN2CC[C@]3(CCN(C[C@H]4CCOC4)C3)C2=O)c1. The lowest BCUT2D eigenvalue weighted by atomic mass is 9.85. The van der Waals surface area contributed by atoms with E-state index in [-0.39, 0.29) is 5.41 Å². The zero-order chi connectivity index (χ0) is 16.6. The standard InChI is InChI=1S/C20H28N2O2/c1-16-3-2-4-17(11-16)13-22-9-7-20(19(22)23)6-8-21(15-20)12-18-5-10-24-14-18/h2-4,11,18H,5-10,12-15H2,1H3/t18-,20+/m1/s1. The first-order chi connectivity index (χ1) is 11.6. The molecule has 3 heterocycles. The summed E-state index contributed by atoms with van der Waals surface area (Å²) >= 11 is 0. The Balaban J connectivity index is 1.38. The van der Waals surface area contributed by atoms with Crippen molar-refractivity contribution >= 4 is 5.91 Å². The molecule has 130 valence electrons. The van der Waals surface area contributed by atoms with Gasteiger partial charge in [0.2, 0.25) is 5.91 Å². The zero-order valence-electron chi connectivity index (χ0n) is 14.7. The Kier molecular flexibility index (Phi) is 4.35. The third kappa shape index (κ3) is 3.09. The van der Waals surface area contributed by atoms with Gasteiger partial charge in [0.1, 0.15) is 0 Å². The molecule has 24 heavy (non-hydrogen) atoms. The van der Waals surface area contributed by atoms with Crippen LogP contribution in [-0.2, 0) is 16.1 Å². The summed E-state index contributed by atoms with van der Waals surface area (Å²) in [5.74, 6) is 1.05. The molecule has 0 saturated carbocycles. The smallest absolute Gasteiger partial charge is 0.230 e. The Morgan fingerprint density at radius 1 is 1.29 bits per heavy atom. The first-order valence-electron chi connectivity index (χ1n) is 9.30. The maximum atomic E-state index is 13.1. The van der Waals surface area contributed by atoms with Gasteiger partial charge in [0, 0.05) is 32.8 Å². The van der Waals surface area contributed by atoms with E-state index in [0.29, 0.717) is 11.8 Å². The number of hydrogen-bond acceptors (Lipinski definition) is 3. The van der Waals surface area contributed by atoms with Crippen LogP contribution in [0.4, 0.5) is 0 Å². The molecule has 3 aliphatic heterocycles. The Morgan fingerprint density at radius 3 is 2.96 bits per heavy atom. The highest BCUT2D eigenvalue weighted by atomic mass is 16.5. The topological polar surface area (TPSA) is 32.8 Å². The fourth-order valence-electron chi connectivity index (χ4n) is 4.66. The van der Waals surface area contributed by atoms with Gasteiger partial charge in [-0.25, -0.2) is 0 Å². The van der Waals surface area contributed by atoms with Gasteiger partial charge < -0.3 is 14.5 Å². The summed E-state index contributed by atoms with van der Waals surface area (Å²) in [5.41, 5.74) is 2.40. The van der Waals surface area contributed by atoms with Crippen LogP contribution in [0.3, 0.4) is 0 Å². The van der Waals surface area contributed by atoms with Crippen LogP contribution in [0.5, 0.6) is 0 Å². The van der Waals surface area contributed by atoms with Gasteiger partial charge in [0.05, 0.1) is 12.0 Å². The van der Waals surface area contributed by atoms with Crippen LogP contribution in [0.1, 0.15) is 30.4 Å². The summed E-state index contributed by atoms with van der Waals surface area (Å²) in [7, 11) is 0. The number of aryl methyl sites for hydroxylation is 1. The number of rotatable bonds is 4. The number of amides is 1. The molecule has 3 fully saturated rings. The molecule has 0 bridgehead atoms. The molecule has 3 saturated heterocycles. The van der Waals surface area contributed by atoms with Crippen LogP contribution in [0, 0.1) is 18.3 Å². The second kappa shape index (κ2) is 6.49. The minimum absolute atomic E-state index is 0.108. The maximum Gasteiger partial charge on any atom is 0.230 e. The molecule has 1 aromatic carbocycles. The fourth-order valence-corrected chi connectivity index (χ4v) is 4.66. The van der Waals surface area contributed by atoms with Gasteiger partial charge >= 0.3 is 0 Å². The number of nitrogens with zero attached hydrogens (tertiary/aromatic N) is 2. The highest BCUT2D eigenvalue weighted by Gasteiger charge is 2.50. The van der Waals surface area contributed by atoms with Crippen molar-refractivity contribution in [2.45, 2.75) is 32.7 Å². The van der Waals surface area contributed by atoms with E-state index in [1.807, 2.05) is 0 Å². The van der Waals surface area contributed by atoms with Gasteiger partial charge in [-0.05, 0) is 44.2 Å². The van der Waals surface area contributed by atoms with E-state index in [1.165, 1.54) is 17.5 Å². The molecule has 4 heteroatoms. The van der Waals surface area contributed by atoms with E-state index >= 15 is 0 Å². The van der Waals surface area contributed by atoms with Gasteiger partial charge in [0.15, 0.2) is 0 Å². The van der Waals surface area contributed by atoms with Crippen LogP contribution >= 0.6 is 0 Å². The molecule has 1 amide bonds. The van der Waals surface area contributed by atoms with E-state index < -0.39 is 0 Å². The van der Waals surface area contributed by atoms with Crippen molar-refractivity contribution in [2.24, 2.45) is 11.3 Å². The monoisotopic (exact) mass is 328 g/mol. The summed E-state index contributed by atoms with van der Waals surface area (Å²) < 4.78 is 5.50. The van der Waals surface area contributed by atoms with E-state index in [9.17, 15) is 4.79 Å². The minimum Gasteiger partial charge on any atom is -0.381 e. The predicted molar refractivity (Wildman–Crippen MR) is 93.6 cm³/mol. The maximum absolute atomic E-state index is 13.1. The molecule has 0 aliphatic carbocycles. The quantitative estimate of drug-likeness (QED) is 0.851. The van der Waals surface area contributed by atoms with Crippen LogP contribution in [0.25, 0.3) is 0 Å². The first-order valence-corrected chi connectivity index (χ1v) is 9.30. The second-order valence-electron chi connectivity index (χ2n) is 7.96. The van der Waals surface area contributed by atoms with E-state index in [2.05, 4.69) is 41.0 Å². The zero-order valence-corrected chi connectivity index (χ0v) is 14.7. The van der Waals surface area contributed by atoms with Crippen LogP contribution < -0.4 is 0 Å². The number of benzene rings is 1. The first kappa shape index (κ1) is 16.1. The lowest BCUT2D eigenvalue weighted by Gasteiger charge is -2.25. The lowest BCUT2D eigenvalue weighted by molar-refractivity contribution is -0.136. The number of carbonyl (C=O) groups excluding carboxylic acids is 1. The van der Waals surface area contributed by atoms with E-state index in [4.69, 9.17) is 4.74 Å². The molecule has 4 nitrogen and oxygen atoms in total. The molecule has 0 N–H and O–H groups in total. The van der Waals surface area contributed by atoms with Crippen molar-refractivity contribution in [1.82, 2.24) is 9.80 Å². The van der Waals surface area contributed by atoms with E-state index in [0.717, 1.165) is 58.8 Å². The van der Waals surface area contributed by atoms with Crippen LogP contribution in [0.15, 0.2) is 24.3 Å². The number of hydrogen-bond donors (Lipinski definition) is 0. The molecule has 3 aliphatic rings. The number of ether oxygens (including phenoxy) is 1. The van der Waals surface area contributed by atoms with Crippen molar-refractivity contribution in [1.29, 1.82) is 0 Å². The summed E-state index contributed by atoms with van der Waals surface area (Å²) in [6, 6.07) is 8.52. The van der Waals surface area contributed by atoms with Gasteiger partial charge in [-0.2, -0.15) is 0 Å². The molecule has 2 atom stereocenters. The lowest BCUT2D eigenvalue weighted by Crippen LogP contribution is -2.37. The Labute approximate surface area is 144 Å². The van der Waals surface area contributed by atoms with Crippen molar-refractivity contribution in [3.8, 4) is 0 Å². The van der Waals surface area contributed by atoms with Crippen molar-refractivity contribution in [3.63, 3.8) is 0 Å². The summed E-state index contributed by atoms with van der Waals surface area (Å²) in [6.07, 6.45) is 3.23. The number of carbonyl (C=O) groups is 1. The van der Waals surface area contributed by atoms with Gasteiger partial charge in [-0.1, -0.05) is 29.8 Å². The highest BCUT2D eigenvalue weighted by Crippen LogP contribution is 2.41. The molecule has 0 unspecified atom stereocenters. The second-order valence-corrected chi connectivity index (χ2v) is 7.96. The Morgan fingerprint density at radius 2 is 2.17 bits per heavy atom. The van der Waals surface area contributed by atoms with Gasteiger partial charge in [-0.15, -0.1) is 0 Å². The van der Waals surface area contributed by atoms with Gasteiger partial charge in [-0.3, -0.25) is 4.79 Å². The van der Waals surface area contributed by atoms with Gasteiger partial charge in [0.25, 0.3) is 0 Å². The molecule has 0 radical (unpaired) electrons. The molecular weight excluding hydrogens is 300 g/mol. The average molecular weight is 328 g/mol. The Bertz CT molecular complexity index is 611. The molecule has 4 rings (SSSR count). The fraction of sp³-hybridized carbons (Fsp3) is 0.650. The largest absolute Gasteiger partial charge is 0.381 e. The summed E-state index contributed by atoms with van der Waals surface area (Å²) in [5, 5.41) is 0. The van der Waals surface area contributed by atoms with Crippen LogP contribution in [0.2, 0.25) is 0 Å². The molecule has 0 aromatic heterocycles. The average Bonchev–Trinajstić information content (AvgIpc) is 3.27. The van der Waals surface area contributed by atoms with E-state index in [1.54, 1.807) is 0 Å². The van der Waals surface area contributed by atoms with Crippen molar-refractivity contribution in [3.05, 3.63) is 35.4 Å². The molecule has 1 spiro atoms. The van der Waals surface area contributed by atoms with Crippen LogP contribution in [-0.4, -0.2) is 55.1 Å². The minimum atomic E-state index is -0.108. The third-order valence-electron chi connectivity index (χ3n) is 6.03. The van der Waals surface area contributed by atoms with Crippen molar-refractivity contribution in [2.75, 3.05) is 39.4 Å². The predicted octanol–water partition coefficient (Wildman–Crippen LogP) is 2.46. The Hall–Kier alpha value is -1.39. The molecular formula is C20H28N2O2. The normalized spacial score (nSPS) is 30.8. The molecule has 1 aromatic rings. The summed E-state index contributed by atoms with van der Waals surface area (Å²) in [4.78, 5) is 17.7. The number of likely N-dealkylation sites (tertiary alicyclic amines) is 2. The van der Waals surface area contributed by atoms with Crippen molar-refractivity contribution < 1.29 is 9.53 Å². The third-order valence-corrected chi connectivity index (χ3v) is 6.03. The highest BCUT2D eigenvalue weighted by molar-refractivity contribution is 5.85. The summed E-state index contributed by atoms with van der Waals surface area (Å²) in [6.45, 7) is 8.72.